The van der Waals surface area contributed by atoms with Crippen molar-refractivity contribution in [2.75, 3.05) is 5.32 Å². The van der Waals surface area contributed by atoms with Crippen LogP contribution in [-0.2, 0) is 0 Å². The van der Waals surface area contributed by atoms with E-state index < -0.39 is 0 Å². The first-order valence-corrected chi connectivity index (χ1v) is 10.3. The van der Waals surface area contributed by atoms with E-state index >= 15 is 0 Å². The molecule has 1 N–H and O–H groups in total. The lowest BCUT2D eigenvalue weighted by atomic mass is 10.0. The topological polar surface area (TPSA) is 50.7 Å². The molecule has 0 fully saturated rings. The molecule has 5 heteroatoms. The Morgan fingerprint density at radius 2 is 1.52 bits per heavy atom. The Morgan fingerprint density at radius 3 is 2.28 bits per heavy atom. The van der Waals surface area contributed by atoms with E-state index in [1.807, 2.05) is 48.7 Å². The molecule has 0 spiro atoms. The zero-order valence-electron chi connectivity index (χ0n) is 15.6. The number of rotatable bonds is 5. The molecule has 0 unspecified atom stereocenters. The van der Waals surface area contributed by atoms with Crippen molar-refractivity contribution in [3.8, 4) is 11.1 Å². The van der Waals surface area contributed by atoms with Crippen molar-refractivity contribution in [1.82, 2.24) is 15.0 Å². The molecule has 0 aliphatic heterocycles. The summed E-state index contributed by atoms with van der Waals surface area (Å²) in [6.45, 7) is 0. The minimum atomic E-state index is -0.112. The Bertz CT molecular complexity index is 1180. The molecule has 0 aliphatic rings. The number of hydrogen-bond acceptors (Lipinski definition) is 5. The molecule has 5 rings (SSSR count). The van der Waals surface area contributed by atoms with E-state index in [2.05, 4.69) is 62.0 Å². The van der Waals surface area contributed by atoms with Gasteiger partial charge in [0.25, 0.3) is 0 Å². The fourth-order valence-corrected chi connectivity index (χ4v) is 4.39. The average Bonchev–Trinajstić information content (AvgIpc) is 3.24. The second kappa shape index (κ2) is 7.81. The van der Waals surface area contributed by atoms with E-state index in [0.29, 0.717) is 0 Å². The SMILES string of the molecule is c1ccc(-c2csc3ncnc(N[C@@H](c4ccccc4)c4ccccn4)c23)cc1. The summed E-state index contributed by atoms with van der Waals surface area (Å²) in [7, 11) is 0. The van der Waals surface area contributed by atoms with Gasteiger partial charge in [0.2, 0.25) is 0 Å². The largest absolute Gasteiger partial charge is 0.357 e. The molecule has 3 heterocycles. The van der Waals surface area contributed by atoms with Gasteiger partial charge in [0, 0.05) is 17.1 Å². The van der Waals surface area contributed by atoms with Crippen LogP contribution in [0.3, 0.4) is 0 Å². The summed E-state index contributed by atoms with van der Waals surface area (Å²) < 4.78 is 0. The number of pyridine rings is 1. The number of aromatic nitrogens is 3. The van der Waals surface area contributed by atoms with Gasteiger partial charge in [0.1, 0.15) is 17.0 Å². The third-order valence-corrected chi connectivity index (χ3v) is 5.74. The number of nitrogens with zero attached hydrogens (tertiary/aromatic N) is 3. The molecular formula is C24H18N4S. The first-order chi connectivity index (χ1) is 14.4. The number of thiophene rings is 1. The molecule has 5 aromatic rings. The Hall–Kier alpha value is -3.57. The predicted molar refractivity (Wildman–Crippen MR) is 119 cm³/mol. The minimum Gasteiger partial charge on any atom is -0.357 e. The molecule has 0 saturated carbocycles. The van der Waals surface area contributed by atoms with Gasteiger partial charge in [0.15, 0.2) is 0 Å². The van der Waals surface area contributed by atoms with Gasteiger partial charge in [-0.2, -0.15) is 0 Å². The maximum Gasteiger partial charge on any atom is 0.139 e. The van der Waals surface area contributed by atoms with E-state index in [4.69, 9.17) is 0 Å². The average molecular weight is 395 g/mol. The number of anilines is 1. The highest BCUT2D eigenvalue weighted by Gasteiger charge is 2.19. The fraction of sp³-hybridized carbons (Fsp3) is 0.0417. The zero-order chi connectivity index (χ0) is 19.5. The van der Waals surface area contributed by atoms with Gasteiger partial charge in [-0.15, -0.1) is 11.3 Å². The molecule has 0 saturated heterocycles. The van der Waals surface area contributed by atoms with Crippen LogP contribution in [0.1, 0.15) is 17.3 Å². The van der Waals surface area contributed by atoms with Crippen molar-refractivity contribution in [2.45, 2.75) is 6.04 Å². The molecule has 1 atom stereocenters. The lowest BCUT2D eigenvalue weighted by Crippen LogP contribution is -2.15. The van der Waals surface area contributed by atoms with Crippen LogP contribution in [0.15, 0.2) is 96.8 Å². The first kappa shape index (κ1) is 17.5. The molecular weight excluding hydrogens is 376 g/mol. The van der Waals surface area contributed by atoms with Crippen molar-refractivity contribution in [3.63, 3.8) is 0 Å². The third-order valence-electron chi connectivity index (χ3n) is 4.85. The maximum absolute atomic E-state index is 4.61. The molecule has 29 heavy (non-hydrogen) atoms. The zero-order valence-corrected chi connectivity index (χ0v) is 16.4. The van der Waals surface area contributed by atoms with Crippen molar-refractivity contribution < 1.29 is 0 Å². The standard InChI is InChI=1S/C24H18N4S/c1-3-9-17(10-4-1)19-15-29-24-21(19)23(26-16-27-24)28-22(18-11-5-2-6-12-18)20-13-7-8-14-25-20/h1-16,22H,(H,26,27,28)/t22-/m0/s1. The summed E-state index contributed by atoms with van der Waals surface area (Å²) in [5.74, 6) is 0.814. The van der Waals surface area contributed by atoms with Crippen molar-refractivity contribution in [3.05, 3.63) is 108 Å². The quantitative estimate of drug-likeness (QED) is 0.400. The summed E-state index contributed by atoms with van der Waals surface area (Å²) in [5.41, 5.74) is 4.38. The molecule has 0 bridgehead atoms. The molecule has 0 radical (unpaired) electrons. The molecule has 4 nitrogen and oxygen atoms in total. The van der Waals surface area contributed by atoms with Crippen LogP contribution in [-0.4, -0.2) is 15.0 Å². The highest BCUT2D eigenvalue weighted by Crippen LogP contribution is 2.38. The smallest absolute Gasteiger partial charge is 0.139 e. The number of nitrogens with one attached hydrogen (secondary N) is 1. The van der Waals surface area contributed by atoms with E-state index in [1.54, 1.807) is 17.7 Å². The predicted octanol–water partition coefficient (Wildman–Crippen LogP) is 5.95. The number of hydrogen-bond donors (Lipinski definition) is 1. The van der Waals surface area contributed by atoms with E-state index in [9.17, 15) is 0 Å². The van der Waals surface area contributed by atoms with Crippen LogP contribution in [0.4, 0.5) is 5.82 Å². The lowest BCUT2D eigenvalue weighted by molar-refractivity contribution is 0.879. The van der Waals surface area contributed by atoms with Gasteiger partial charge in [-0.25, -0.2) is 9.97 Å². The van der Waals surface area contributed by atoms with Crippen molar-refractivity contribution in [2.24, 2.45) is 0 Å². The van der Waals surface area contributed by atoms with Crippen LogP contribution in [0.5, 0.6) is 0 Å². The number of benzene rings is 2. The van der Waals surface area contributed by atoms with Crippen molar-refractivity contribution >= 4 is 27.4 Å². The molecule has 3 aromatic heterocycles. The highest BCUT2D eigenvalue weighted by molar-refractivity contribution is 7.17. The van der Waals surface area contributed by atoms with E-state index in [1.165, 1.54) is 0 Å². The van der Waals surface area contributed by atoms with Gasteiger partial charge in [-0.3, -0.25) is 4.98 Å². The van der Waals surface area contributed by atoms with Crippen LogP contribution in [0.25, 0.3) is 21.3 Å². The first-order valence-electron chi connectivity index (χ1n) is 9.40. The summed E-state index contributed by atoms with van der Waals surface area (Å²) in [5, 5.41) is 6.84. The van der Waals surface area contributed by atoms with Crippen LogP contribution >= 0.6 is 11.3 Å². The fourth-order valence-electron chi connectivity index (χ4n) is 3.47. The van der Waals surface area contributed by atoms with E-state index in [-0.39, 0.29) is 6.04 Å². The van der Waals surface area contributed by atoms with Crippen molar-refractivity contribution in [1.29, 1.82) is 0 Å². The van der Waals surface area contributed by atoms with Gasteiger partial charge in [0.05, 0.1) is 17.1 Å². The third kappa shape index (κ3) is 3.48. The highest BCUT2D eigenvalue weighted by atomic mass is 32.1. The summed E-state index contributed by atoms with van der Waals surface area (Å²) in [6, 6.07) is 26.6. The molecule has 2 aromatic carbocycles. The van der Waals surface area contributed by atoms with Crippen LogP contribution < -0.4 is 5.32 Å². The van der Waals surface area contributed by atoms with Gasteiger partial charge in [-0.05, 0) is 23.3 Å². The monoisotopic (exact) mass is 394 g/mol. The summed E-state index contributed by atoms with van der Waals surface area (Å²) in [4.78, 5) is 14.7. The van der Waals surface area contributed by atoms with Crippen LogP contribution in [0.2, 0.25) is 0 Å². The van der Waals surface area contributed by atoms with Gasteiger partial charge < -0.3 is 5.32 Å². The number of fused-ring (bicyclic) bond motifs is 1. The summed E-state index contributed by atoms with van der Waals surface area (Å²) >= 11 is 1.63. The molecule has 140 valence electrons. The lowest BCUT2D eigenvalue weighted by Gasteiger charge is -2.20. The van der Waals surface area contributed by atoms with Gasteiger partial charge >= 0.3 is 0 Å². The Balaban J connectivity index is 1.64. The second-order valence-electron chi connectivity index (χ2n) is 6.66. The maximum atomic E-state index is 4.61. The Labute approximate surface area is 172 Å². The Morgan fingerprint density at radius 1 is 0.759 bits per heavy atom. The summed E-state index contributed by atoms with van der Waals surface area (Å²) in [6.07, 6.45) is 3.44. The normalized spacial score (nSPS) is 12.0. The molecule has 0 aliphatic carbocycles. The van der Waals surface area contributed by atoms with E-state index in [0.717, 1.165) is 38.4 Å². The second-order valence-corrected chi connectivity index (χ2v) is 7.52. The Kier molecular flexibility index (Phi) is 4.72. The van der Waals surface area contributed by atoms with Crippen LogP contribution in [0, 0.1) is 0 Å². The van der Waals surface area contributed by atoms with Gasteiger partial charge in [-0.1, -0.05) is 66.7 Å². The minimum absolute atomic E-state index is 0.112. The molecule has 0 amide bonds.